The molecule has 0 bridgehead atoms. The van der Waals surface area contributed by atoms with Crippen molar-refractivity contribution in [3.63, 3.8) is 0 Å². The molecule has 4 rings (SSSR count). The molecule has 2 N–H and O–H groups in total. The van der Waals surface area contributed by atoms with Crippen LogP contribution in [0.15, 0.2) is 60.8 Å². The Morgan fingerprint density at radius 2 is 1.79 bits per heavy atom. The fourth-order valence-electron chi connectivity index (χ4n) is 4.72. The largest absolute Gasteiger partial charge is 0.461 e. The molecule has 1 heterocycles. The van der Waals surface area contributed by atoms with E-state index in [9.17, 15) is 26.7 Å². The predicted molar refractivity (Wildman–Crippen MR) is 137 cm³/mol. The molecule has 2 aromatic carbocycles. The standard InChI is InChI=1S/C28H27ClF5N3O2/c1-17-6-8-18(9-7-17)15-27(24-11-10-20(29)16-35-24,37-26(38)36-22-4-2-3-5-22)19-12-21(30)14-23(13-19)39-28(33,34)25(31)32/h6-14,16,22,25H,2-5,15H2,1H3,(H2,36,37,38)/t27-/m0/s1. The Hall–Kier alpha value is -3.40. The SMILES string of the molecule is Cc1ccc(C[C@](NC(=O)NC2CCCC2)(c2cc(F)cc(OC(F)(F)C(F)F)c2)c2ccc(Cl)cn2)cc1. The summed E-state index contributed by atoms with van der Waals surface area (Å²) in [5.74, 6) is -1.87. The van der Waals surface area contributed by atoms with Crippen LogP contribution in [0.1, 0.15) is 48.1 Å². The van der Waals surface area contributed by atoms with Crippen LogP contribution < -0.4 is 15.4 Å². The zero-order valence-electron chi connectivity index (χ0n) is 21.0. The van der Waals surface area contributed by atoms with Crippen molar-refractivity contribution in [2.24, 2.45) is 0 Å². The first-order chi connectivity index (χ1) is 18.5. The van der Waals surface area contributed by atoms with Crippen LogP contribution in [0.4, 0.5) is 26.7 Å². The Bertz CT molecular complexity index is 1290. The number of carbonyl (C=O) groups is 1. The number of carbonyl (C=O) groups excluding carboxylic acids is 1. The Labute approximate surface area is 227 Å². The smallest absolute Gasteiger partial charge is 0.428 e. The van der Waals surface area contributed by atoms with Gasteiger partial charge in [0.1, 0.15) is 17.1 Å². The number of rotatable bonds is 9. The molecule has 11 heteroatoms. The Balaban J connectivity index is 1.87. The number of benzene rings is 2. The topological polar surface area (TPSA) is 63.2 Å². The summed E-state index contributed by atoms with van der Waals surface area (Å²) in [4.78, 5) is 17.7. The van der Waals surface area contributed by atoms with Gasteiger partial charge in [-0.3, -0.25) is 4.98 Å². The number of halogens is 6. The van der Waals surface area contributed by atoms with Crippen LogP contribution in [0.3, 0.4) is 0 Å². The number of urea groups is 1. The van der Waals surface area contributed by atoms with Crippen LogP contribution in [0.5, 0.6) is 5.75 Å². The molecule has 0 saturated heterocycles. The van der Waals surface area contributed by atoms with E-state index in [0.29, 0.717) is 16.7 Å². The average molecular weight is 568 g/mol. The normalized spacial score (nSPS) is 15.7. The second-order valence-corrected chi connectivity index (χ2v) is 10.1. The summed E-state index contributed by atoms with van der Waals surface area (Å²) in [7, 11) is 0. The molecule has 0 radical (unpaired) electrons. The summed E-state index contributed by atoms with van der Waals surface area (Å²) in [6, 6.07) is 12.3. The second kappa shape index (κ2) is 11.8. The first-order valence-corrected chi connectivity index (χ1v) is 12.8. The zero-order chi connectivity index (χ0) is 28.2. The summed E-state index contributed by atoms with van der Waals surface area (Å²) in [5, 5.41) is 6.10. The predicted octanol–water partition coefficient (Wildman–Crippen LogP) is 7.15. The van der Waals surface area contributed by atoms with Gasteiger partial charge in [-0.2, -0.15) is 17.6 Å². The van der Waals surface area contributed by atoms with Crippen LogP contribution in [0.2, 0.25) is 5.02 Å². The first-order valence-electron chi connectivity index (χ1n) is 12.4. The lowest BCUT2D eigenvalue weighted by atomic mass is 9.80. The molecule has 39 heavy (non-hydrogen) atoms. The quantitative estimate of drug-likeness (QED) is 0.270. The molecule has 1 atom stereocenters. The molecule has 3 aromatic rings. The summed E-state index contributed by atoms with van der Waals surface area (Å²) in [6.45, 7) is 1.89. The number of pyridine rings is 1. The van der Waals surface area contributed by atoms with Crippen LogP contribution in [0, 0.1) is 12.7 Å². The summed E-state index contributed by atoms with van der Waals surface area (Å²) >= 11 is 6.06. The van der Waals surface area contributed by atoms with Gasteiger partial charge in [-0.05, 0) is 55.2 Å². The molecule has 0 spiro atoms. The van der Waals surface area contributed by atoms with Crippen molar-refractivity contribution in [3.8, 4) is 5.75 Å². The van der Waals surface area contributed by atoms with Gasteiger partial charge in [-0.15, -0.1) is 0 Å². The van der Waals surface area contributed by atoms with Gasteiger partial charge in [0, 0.05) is 24.7 Å². The molecule has 0 unspecified atom stereocenters. The molecular formula is C28H27ClF5N3O2. The van der Waals surface area contributed by atoms with Gasteiger partial charge in [0.2, 0.25) is 0 Å². The van der Waals surface area contributed by atoms with E-state index in [2.05, 4.69) is 20.4 Å². The van der Waals surface area contributed by atoms with Crippen molar-refractivity contribution in [1.29, 1.82) is 0 Å². The number of aromatic nitrogens is 1. The average Bonchev–Trinajstić information content (AvgIpc) is 3.37. The van der Waals surface area contributed by atoms with E-state index in [-0.39, 0.29) is 23.7 Å². The first kappa shape index (κ1) is 28.6. The van der Waals surface area contributed by atoms with Gasteiger partial charge in [0.15, 0.2) is 0 Å². The Kier molecular flexibility index (Phi) is 8.64. The van der Waals surface area contributed by atoms with Gasteiger partial charge in [-0.1, -0.05) is 54.3 Å². The molecule has 5 nitrogen and oxygen atoms in total. The number of alkyl halides is 4. The van der Waals surface area contributed by atoms with Crippen molar-refractivity contribution in [2.45, 2.75) is 63.1 Å². The molecule has 208 valence electrons. The van der Waals surface area contributed by atoms with Crippen molar-refractivity contribution in [1.82, 2.24) is 15.6 Å². The van der Waals surface area contributed by atoms with Gasteiger partial charge in [0.25, 0.3) is 0 Å². The minimum atomic E-state index is -4.86. The molecule has 0 aliphatic heterocycles. The van der Waals surface area contributed by atoms with E-state index < -0.39 is 35.7 Å². The highest BCUT2D eigenvalue weighted by Gasteiger charge is 2.45. The lowest BCUT2D eigenvalue weighted by molar-refractivity contribution is -0.253. The minimum absolute atomic E-state index is 0.00807. The number of ether oxygens (including phenoxy) is 1. The van der Waals surface area contributed by atoms with Crippen LogP contribution in [-0.2, 0) is 12.0 Å². The minimum Gasteiger partial charge on any atom is -0.428 e. The number of amides is 2. The number of hydrogen-bond donors (Lipinski definition) is 2. The van der Waals surface area contributed by atoms with E-state index in [1.165, 1.54) is 18.3 Å². The third-order valence-electron chi connectivity index (χ3n) is 6.64. The van der Waals surface area contributed by atoms with Crippen LogP contribution in [0.25, 0.3) is 0 Å². The maximum atomic E-state index is 14.9. The molecule has 1 aliphatic rings. The van der Waals surface area contributed by atoms with Crippen molar-refractivity contribution in [2.75, 3.05) is 0 Å². The summed E-state index contributed by atoms with van der Waals surface area (Å²) < 4.78 is 72.4. The van der Waals surface area contributed by atoms with E-state index in [4.69, 9.17) is 11.6 Å². The third kappa shape index (κ3) is 6.98. The van der Waals surface area contributed by atoms with Crippen LogP contribution in [-0.4, -0.2) is 29.6 Å². The zero-order valence-corrected chi connectivity index (χ0v) is 21.8. The Morgan fingerprint density at radius 1 is 1.10 bits per heavy atom. The van der Waals surface area contributed by atoms with Crippen molar-refractivity contribution >= 4 is 17.6 Å². The van der Waals surface area contributed by atoms with E-state index in [1.54, 1.807) is 12.1 Å². The highest BCUT2D eigenvalue weighted by atomic mass is 35.5. The molecule has 1 saturated carbocycles. The lowest BCUT2D eigenvalue weighted by Gasteiger charge is -2.36. The number of aryl methyl sites for hydroxylation is 1. The van der Waals surface area contributed by atoms with E-state index >= 15 is 0 Å². The van der Waals surface area contributed by atoms with Crippen molar-refractivity contribution < 1.29 is 31.5 Å². The van der Waals surface area contributed by atoms with E-state index in [1.807, 2.05) is 19.1 Å². The van der Waals surface area contributed by atoms with Crippen LogP contribution >= 0.6 is 11.6 Å². The number of nitrogens with one attached hydrogen (secondary N) is 2. The highest BCUT2D eigenvalue weighted by molar-refractivity contribution is 6.30. The third-order valence-corrected chi connectivity index (χ3v) is 6.87. The fraction of sp³-hybridized carbons (Fsp3) is 0.357. The molecule has 1 aromatic heterocycles. The lowest BCUT2D eigenvalue weighted by Crippen LogP contribution is -2.54. The summed E-state index contributed by atoms with van der Waals surface area (Å²) in [6.07, 6.45) is -4.17. The van der Waals surface area contributed by atoms with Gasteiger partial charge < -0.3 is 15.4 Å². The maximum absolute atomic E-state index is 14.9. The Morgan fingerprint density at radius 3 is 2.41 bits per heavy atom. The van der Waals surface area contributed by atoms with Gasteiger partial charge >= 0.3 is 18.6 Å². The van der Waals surface area contributed by atoms with Crippen molar-refractivity contribution in [3.05, 3.63) is 94.0 Å². The molecule has 2 amide bonds. The van der Waals surface area contributed by atoms with Gasteiger partial charge in [-0.25, -0.2) is 9.18 Å². The fourth-order valence-corrected chi connectivity index (χ4v) is 4.83. The monoisotopic (exact) mass is 567 g/mol. The number of nitrogens with zero attached hydrogens (tertiary/aromatic N) is 1. The summed E-state index contributed by atoms with van der Waals surface area (Å²) in [5.41, 5.74) is 0.202. The molecule has 1 aliphatic carbocycles. The molecule has 1 fully saturated rings. The highest BCUT2D eigenvalue weighted by Crippen LogP contribution is 2.37. The van der Waals surface area contributed by atoms with E-state index in [0.717, 1.165) is 43.4 Å². The maximum Gasteiger partial charge on any atom is 0.461 e. The second-order valence-electron chi connectivity index (χ2n) is 9.65. The number of hydrogen-bond acceptors (Lipinski definition) is 3. The molecular weight excluding hydrogens is 541 g/mol. The van der Waals surface area contributed by atoms with Gasteiger partial charge in [0.05, 0.1) is 10.7 Å².